The molecule has 0 aliphatic rings. The standard InChI is InChI=1S/C24H18ClN3O2/c25-21-13-11-20(12-14-21)24(19-9-5-2-6-10-19,22(15-29)28-17-26-16-27-28)23(30)18-7-3-1-4-8-18/h1-17,22H. The summed E-state index contributed by atoms with van der Waals surface area (Å²) in [6.07, 6.45) is 3.54. The summed E-state index contributed by atoms with van der Waals surface area (Å²) >= 11 is 6.14. The quantitative estimate of drug-likeness (QED) is 0.328. The van der Waals surface area contributed by atoms with Crippen LogP contribution in [0.15, 0.2) is 97.6 Å². The Hall–Kier alpha value is -3.57. The van der Waals surface area contributed by atoms with Crippen molar-refractivity contribution in [3.63, 3.8) is 0 Å². The molecule has 0 saturated carbocycles. The van der Waals surface area contributed by atoms with E-state index in [1.807, 2.05) is 36.4 Å². The van der Waals surface area contributed by atoms with Gasteiger partial charge in [0, 0.05) is 10.6 Å². The van der Waals surface area contributed by atoms with Crippen LogP contribution in [0.4, 0.5) is 0 Å². The summed E-state index contributed by atoms with van der Waals surface area (Å²) in [5.41, 5.74) is 0.430. The van der Waals surface area contributed by atoms with Gasteiger partial charge in [0.05, 0.1) is 0 Å². The molecule has 0 aliphatic carbocycles. The molecule has 1 aromatic heterocycles. The highest BCUT2D eigenvalue weighted by atomic mass is 35.5. The average Bonchev–Trinajstić information content (AvgIpc) is 3.33. The molecular weight excluding hydrogens is 398 g/mol. The largest absolute Gasteiger partial charge is 0.301 e. The van der Waals surface area contributed by atoms with Crippen LogP contribution < -0.4 is 0 Å². The minimum absolute atomic E-state index is 0.218. The van der Waals surface area contributed by atoms with E-state index in [4.69, 9.17) is 11.6 Å². The minimum Gasteiger partial charge on any atom is -0.301 e. The maximum Gasteiger partial charge on any atom is 0.180 e. The molecule has 4 aromatic rings. The number of ketones is 1. The lowest BCUT2D eigenvalue weighted by molar-refractivity contribution is -0.112. The van der Waals surface area contributed by atoms with E-state index in [9.17, 15) is 9.59 Å². The Balaban J connectivity index is 2.09. The van der Waals surface area contributed by atoms with Crippen molar-refractivity contribution in [2.45, 2.75) is 11.5 Å². The van der Waals surface area contributed by atoms with Crippen LogP contribution in [-0.2, 0) is 10.2 Å². The number of hydrogen-bond acceptors (Lipinski definition) is 4. The molecule has 6 heteroatoms. The number of halogens is 1. The molecule has 0 saturated heterocycles. The Labute approximate surface area is 179 Å². The van der Waals surface area contributed by atoms with Crippen molar-refractivity contribution >= 4 is 23.7 Å². The molecular formula is C24H18ClN3O2. The van der Waals surface area contributed by atoms with Crippen molar-refractivity contribution in [2.75, 3.05) is 0 Å². The molecule has 0 bridgehead atoms. The van der Waals surface area contributed by atoms with E-state index in [-0.39, 0.29) is 5.78 Å². The van der Waals surface area contributed by atoms with Crippen LogP contribution in [0.3, 0.4) is 0 Å². The average molecular weight is 416 g/mol. The van der Waals surface area contributed by atoms with E-state index in [0.29, 0.717) is 21.7 Å². The number of aldehydes is 1. The van der Waals surface area contributed by atoms with Gasteiger partial charge in [-0.05, 0) is 23.3 Å². The van der Waals surface area contributed by atoms with Crippen LogP contribution in [0.1, 0.15) is 27.5 Å². The smallest absolute Gasteiger partial charge is 0.180 e. The number of carbonyl (C=O) groups excluding carboxylic acids is 2. The predicted octanol–water partition coefficient (Wildman–Crippen LogP) is 4.54. The molecule has 30 heavy (non-hydrogen) atoms. The molecule has 0 spiro atoms. The monoisotopic (exact) mass is 415 g/mol. The first kappa shape index (κ1) is 19.7. The zero-order valence-corrected chi connectivity index (χ0v) is 16.7. The van der Waals surface area contributed by atoms with Crippen molar-refractivity contribution in [3.8, 4) is 0 Å². The summed E-state index contributed by atoms with van der Waals surface area (Å²) in [4.78, 5) is 30.7. The molecule has 1 heterocycles. The van der Waals surface area contributed by atoms with Gasteiger partial charge in [-0.15, -0.1) is 0 Å². The number of nitrogens with zero attached hydrogens (tertiary/aromatic N) is 3. The Bertz CT molecular complexity index is 1130. The Morgan fingerprint density at radius 1 is 0.900 bits per heavy atom. The van der Waals surface area contributed by atoms with E-state index in [1.165, 1.54) is 17.3 Å². The van der Waals surface area contributed by atoms with Crippen molar-refractivity contribution < 1.29 is 9.59 Å². The first-order chi connectivity index (χ1) is 14.7. The van der Waals surface area contributed by atoms with Crippen LogP contribution in [0.25, 0.3) is 0 Å². The van der Waals surface area contributed by atoms with Crippen LogP contribution >= 0.6 is 11.6 Å². The third-order valence-electron chi connectivity index (χ3n) is 5.22. The maximum absolute atomic E-state index is 14.2. The molecule has 2 atom stereocenters. The molecule has 5 nitrogen and oxygen atoms in total. The van der Waals surface area contributed by atoms with Gasteiger partial charge in [-0.1, -0.05) is 84.4 Å². The molecule has 0 aliphatic heterocycles. The van der Waals surface area contributed by atoms with Gasteiger partial charge in [0.15, 0.2) is 5.78 Å². The first-order valence-electron chi connectivity index (χ1n) is 9.38. The maximum atomic E-state index is 14.2. The molecule has 2 unspecified atom stereocenters. The van der Waals surface area contributed by atoms with E-state index in [1.54, 1.807) is 48.5 Å². The molecule has 148 valence electrons. The lowest BCUT2D eigenvalue weighted by Crippen LogP contribution is -2.46. The number of hydrogen-bond donors (Lipinski definition) is 0. The van der Waals surface area contributed by atoms with Crippen LogP contribution in [0, 0.1) is 0 Å². The second-order valence-electron chi connectivity index (χ2n) is 6.83. The van der Waals surface area contributed by atoms with Crippen molar-refractivity contribution in [2.24, 2.45) is 0 Å². The van der Waals surface area contributed by atoms with Gasteiger partial charge in [-0.25, -0.2) is 9.67 Å². The molecule has 0 fully saturated rings. The fraction of sp³-hybridized carbons (Fsp3) is 0.0833. The Morgan fingerprint density at radius 3 is 2.07 bits per heavy atom. The van der Waals surface area contributed by atoms with Crippen LogP contribution in [0.2, 0.25) is 5.02 Å². The summed E-state index contributed by atoms with van der Waals surface area (Å²) in [6, 6.07) is 24.3. The van der Waals surface area contributed by atoms with Crippen molar-refractivity contribution in [1.82, 2.24) is 14.8 Å². The van der Waals surface area contributed by atoms with Gasteiger partial charge in [0.2, 0.25) is 0 Å². The number of benzene rings is 3. The van der Waals surface area contributed by atoms with Crippen LogP contribution in [0.5, 0.6) is 0 Å². The van der Waals surface area contributed by atoms with Crippen LogP contribution in [-0.4, -0.2) is 26.8 Å². The van der Waals surface area contributed by atoms with Crippen molar-refractivity contribution in [3.05, 3.63) is 119 Å². The highest BCUT2D eigenvalue weighted by molar-refractivity contribution is 6.30. The van der Waals surface area contributed by atoms with Gasteiger partial charge in [-0.2, -0.15) is 5.10 Å². The lowest BCUT2D eigenvalue weighted by Gasteiger charge is -2.38. The lowest BCUT2D eigenvalue weighted by atomic mass is 9.65. The molecule has 0 amide bonds. The summed E-state index contributed by atoms with van der Waals surface area (Å²) in [7, 11) is 0. The molecule has 4 rings (SSSR count). The fourth-order valence-electron chi connectivity index (χ4n) is 3.86. The van der Waals surface area contributed by atoms with Crippen molar-refractivity contribution in [1.29, 1.82) is 0 Å². The van der Waals surface area contributed by atoms with Gasteiger partial charge < -0.3 is 4.79 Å². The zero-order chi connectivity index (χ0) is 21.0. The highest BCUT2D eigenvalue weighted by Crippen LogP contribution is 2.44. The van der Waals surface area contributed by atoms with E-state index >= 15 is 0 Å². The van der Waals surface area contributed by atoms with Gasteiger partial charge >= 0.3 is 0 Å². The van der Waals surface area contributed by atoms with E-state index < -0.39 is 11.5 Å². The number of rotatable bonds is 7. The topological polar surface area (TPSA) is 64.8 Å². The summed E-state index contributed by atoms with van der Waals surface area (Å²) in [5, 5.41) is 4.73. The Kier molecular flexibility index (Phi) is 5.55. The minimum atomic E-state index is -1.37. The third-order valence-corrected chi connectivity index (χ3v) is 5.47. The molecule has 3 aromatic carbocycles. The molecule has 0 N–H and O–H groups in total. The highest BCUT2D eigenvalue weighted by Gasteiger charge is 2.50. The predicted molar refractivity (Wildman–Crippen MR) is 115 cm³/mol. The normalized spacial score (nSPS) is 13.9. The third kappa shape index (κ3) is 3.33. The summed E-state index contributed by atoms with van der Waals surface area (Å²) in [5.74, 6) is -0.218. The van der Waals surface area contributed by atoms with Gasteiger partial charge in [-0.3, -0.25) is 4.79 Å². The summed E-state index contributed by atoms with van der Waals surface area (Å²) in [6.45, 7) is 0. The second-order valence-corrected chi connectivity index (χ2v) is 7.27. The number of carbonyl (C=O) groups is 2. The zero-order valence-electron chi connectivity index (χ0n) is 15.9. The number of Topliss-reactive ketones (excluding diaryl/α,β-unsaturated/α-hetero) is 1. The first-order valence-corrected chi connectivity index (χ1v) is 9.76. The van der Waals surface area contributed by atoms with E-state index in [2.05, 4.69) is 10.1 Å². The fourth-order valence-corrected chi connectivity index (χ4v) is 3.99. The molecule has 0 radical (unpaired) electrons. The Morgan fingerprint density at radius 2 is 1.50 bits per heavy atom. The van der Waals surface area contributed by atoms with Gasteiger partial charge in [0.1, 0.15) is 30.4 Å². The SMILES string of the molecule is O=CC(n1cncn1)C(C(=O)c1ccccc1)(c1ccccc1)c1ccc(Cl)cc1. The number of aromatic nitrogens is 3. The van der Waals surface area contributed by atoms with E-state index in [0.717, 1.165) is 6.29 Å². The summed E-state index contributed by atoms with van der Waals surface area (Å²) < 4.78 is 1.43. The van der Waals surface area contributed by atoms with Gasteiger partial charge in [0.25, 0.3) is 0 Å². The second kappa shape index (κ2) is 8.43.